The quantitative estimate of drug-likeness (QED) is 0.760. The molecule has 2 aromatic carbocycles. The summed E-state index contributed by atoms with van der Waals surface area (Å²) >= 11 is 11.8. The Hall–Kier alpha value is -1.97. The number of nitrogens with one attached hydrogen (secondary N) is 1. The molecule has 21 heavy (non-hydrogen) atoms. The first-order valence-corrected chi connectivity index (χ1v) is 7.03. The van der Waals surface area contributed by atoms with Crippen molar-refractivity contribution in [3.63, 3.8) is 0 Å². The normalized spacial score (nSPS) is 15.2. The molecule has 0 radical (unpaired) electrons. The van der Waals surface area contributed by atoms with E-state index in [-0.39, 0.29) is 21.7 Å². The Labute approximate surface area is 131 Å². The van der Waals surface area contributed by atoms with Gasteiger partial charge in [0, 0.05) is 16.8 Å². The molecule has 2 N–H and O–H groups in total. The second kappa shape index (κ2) is 5.10. The molecule has 0 unspecified atom stereocenters. The SMILES string of the molecule is Cc1ccc2c(c1)/C(=C\c1cc(Cl)c(O)c(Cl)c1)C(=O)N2. The minimum Gasteiger partial charge on any atom is -0.505 e. The zero-order valence-corrected chi connectivity index (χ0v) is 12.6. The van der Waals surface area contributed by atoms with E-state index in [1.807, 2.05) is 25.1 Å². The number of carbonyl (C=O) groups excluding carboxylic acids is 1. The Morgan fingerprint density at radius 1 is 1.14 bits per heavy atom. The molecule has 0 aliphatic carbocycles. The van der Waals surface area contributed by atoms with Crippen LogP contribution in [-0.4, -0.2) is 11.0 Å². The molecular formula is C16H11Cl2NO2. The molecule has 0 saturated heterocycles. The number of hydrogen-bond donors (Lipinski definition) is 2. The largest absolute Gasteiger partial charge is 0.505 e. The van der Waals surface area contributed by atoms with Gasteiger partial charge in [0.25, 0.3) is 5.91 Å². The van der Waals surface area contributed by atoms with Gasteiger partial charge in [-0.25, -0.2) is 0 Å². The highest BCUT2D eigenvalue weighted by Gasteiger charge is 2.24. The highest BCUT2D eigenvalue weighted by molar-refractivity contribution is 6.38. The van der Waals surface area contributed by atoms with Crippen molar-refractivity contribution in [1.82, 2.24) is 0 Å². The zero-order chi connectivity index (χ0) is 15.1. The van der Waals surface area contributed by atoms with Gasteiger partial charge in [-0.3, -0.25) is 4.79 Å². The van der Waals surface area contributed by atoms with Gasteiger partial charge in [-0.05, 0) is 42.8 Å². The molecule has 0 aromatic heterocycles. The molecule has 0 spiro atoms. The van der Waals surface area contributed by atoms with Crippen molar-refractivity contribution < 1.29 is 9.90 Å². The summed E-state index contributed by atoms with van der Waals surface area (Å²) in [7, 11) is 0. The Morgan fingerprint density at radius 2 is 1.81 bits per heavy atom. The lowest BCUT2D eigenvalue weighted by Gasteiger charge is -2.03. The van der Waals surface area contributed by atoms with Crippen LogP contribution < -0.4 is 5.32 Å². The van der Waals surface area contributed by atoms with E-state index >= 15 is 0 Å². The number of carbonyl (C=O) groups is 1. The summed E-state index contributed by atoms with van der Waals surface area (Å²) in [6.45, 7) is 1.97. The van der Waals surface area contributed by atoms with E-state index in [0.29, 0.717) is 11.1 Å². The number of aromatic hydroxyl groups is 1. The number of benzene rings is 2. The van der Waals surface area contributed by atoms with E-state index in [1.165, 1.54) is 0 Å². The van der Waals surface area contributed by atoms with Crippen molar-refractivity contribution in [3.8, 4) is 5.75 Å². The number of anilines is 1. The van der Waals surface area contributed by atoms with Gasteiger partial charge in [0.2, 0.25) is 0 Å². The van der Waals surface area contributed by atoms with Gasteiger partial charge in [-0.15, -0.1) is 0 Å². The summed E-state index contributed by atoms with van der Waals surface area (Å²) in [4.78, 5) is 12.1. The summed E-state index contributed by atoms with van der Waals surface area (Å²) < 4.78 is 0. The van der Waals surface area contributed by atoms with Crippen molar-refractivity contribution in [2.45, 2.75) is 6.92 Å². The molecule has 1 amide bonds. The molecule has 106 valence electrons. The Balaban J connectivity index is 2.13. The number of hydrogen-bond acceptors (Lipinski definition) is 2. The van der Waals surface area contributed by atoms with E-state index in [2.05, 4.69) is 5.32 Å². The third kappa shape index (κ3) is 2.50. The van der Waals surface area contributed by atoms with Gasteiger partial charge in [0.1, 0.15) is 0 Å². The smallest absolute Gasteiger partial charge is 0.256 e. The van der Waals surface area contributed by atoms with Crippen molar-refractivity contribution in [1.29, 1.82) is 0 Å². The van der Waals surface area contributed by atoms with E-state index < -0.39 is 0 Å². The van der Waals surface area contributed by atoms with Crippen molar-refractivity contribution >= 4 is 46.4 Å². The molecular weight excluding hydrogens is 309 g/mol. The standard InChI is InChI=1S/C16H11Cl2NO2/c1-8-2-3-14-10(4-8)11(16(21)19-14)5-9-6-12(17)15(20)13(18)7-9/h2-7,20H,1H3,(H,19,21)/b11-5+. The lowest BCUT2D eigenvalue weighted by atomic mass is 10.0. The van der Waals surface area contributed by atoms with E-state index in [9.17, 15) is 9.90 Å². The predicted molar refractivity (Wildman–Crippen MR) is 85.8 cm³/mol. The first-order valence-electron chi connectivity index (χ1n) is 6.28. The monoisotopic (exact) mass is 319 g/mol. The Kier molecular flexibility index (Phi) is 3.40. The topological polar surface area (TPSA) is 49.3 Å². The highest BCUT2D eigenvalue weighted by atomic mass is 35.5. The van der Waals surface area contributed by atoms with Gasteiger partial charge in [-0.1, -0.05) is 34.8 Å². The van der Waals surface area contributed by atoms with Crippen LogP contribution in [-0.2, 0) is 4.79 Å². The number of amides is 1. The van der Waals surface area contributed by atoms with Crippen molar-refractivity contribution in [3.05, 3.63) is 57.1 Å². The molecule has 0 bridgehead atoms. The minimum absolute atomic E-state index is 0.150. The predicted octanol–water partition coefficient (Wildman–Crippen LogP) is 4.50. The third-order valence-electron chi connectivity index (χ3n) is 3.31. The third-order valence-corrected chi connectivity index (χ3v) is 3.88. The Morgan fingerprint density at radius 3 is 2.48 bits per heavy atom. The lowest BCUT2D eigenvalue weighted by Crippen LogP contribution is -2.03. The Bertz CT molecular complexity index is 774. The first kappa shape index (κ1) is 14.0. The summed E-state index contributed by atoms with van der Waals surface area (Å²) in [6, 6.07) is 8.90. The number of aryl methyl sites for hydroxylation is 1. The van der Waals surface area contributed by atoms with Gasteiger partial charge >= 0.3 is 0 Å². The molecule has 5 heteroatoms. The number of phenols is 1. The van der Waals surface area contributed by atoms with E-state index in [4.69, 9.17) is 23.2 Å². The van der Waals surface area contributed by atoms with Crippen LogP contribution >= 0.6 is 23.2 Å². The molecule has 3 nitrogen and oxygen atoms in total. The van der Waals surface area contributed by atoms with Crippen LogP contribution in [0, 0.1) is 6.92 Å². The molecule has 0 atom stereocenters. The average Bonchev–Trinajstić information content (AvgIpc) is 2.72. The highest BCUT2D eigenvalue weighted by Crippen LogP contribution is 2.37. The van der Waals surface area contributed by atoms with Crippen LogP contribution in [0.1, 0.15) is 16.7 Å². The van der Waals surface area contributed by atoms with Gasteiger partial charge in [0.05, 0.1) is 10.0 Å². The molecule has 0 fully saturated rings. The summed E-state index contributed by atoms with van der Waals surface area (Å²) in [5, 5.41) is 12.7. The lowest BCUT2D eigenvalue weighted by molar-refractivity contribution is -0.110. The van der Waals surface area contributed by atoms with Gasteiger partial charge < -0.3 is 10.4 Å². The molecule has 3 rings (SSSR count). The van der Waals surface area contributed by atoms with Crippen LogP contribution in [0.15, 0.2) is 30.3 Å². The van der Waals surface area contributed by atoms with Crippen LogP contribution in [0.5, 0.6) is 5.75 Å². The molecule has 2 aromatic rings. The maximum atomic E-state index is 12.1. The number of phenolic OH excluding ortho intramolecular Hbond substituents is 1. The van der Waals surface area contributed by atoms with E-state index in [0.717, 1.165) is 16.8 Å². The zero-order valence-electron chi connectivity index (χ0n) is 11.1. The first-order chi connectivity index (χ1) is 9.95. The number of fused-ring (bicyclic) bond motifs is 1. The van der Waals surface area contributed by atoms with Crippen LogP contribution in [0.2, 0.25) is 10.0 Å². The fraction of sp³-hybridized carbons (Fsp3) is 0.0625. The second-order valence-electron chi connectivity index (χ2n) is 4.89. The maximum Gasteiger partial charge on any atom is 0.256 e. The average molecular weight is 320 g/mol. The fourth-order valence-corrected chi connectivity index (χ4v) is 2.78. The second-order valence-corrected chi connectivity index (χ2v) is 5.71. The number of halogens is 2. The van der Waals surface area contributed by atoms with Crippen molar-refractivity contribution in [2.24, 2.45) is 0 Å². The molecule has 1 aliphatic heterocycles. The number of rotatable bonds is 1. The van der Waals surface area contributed by atoms with Crippen LogP contribution in [0.4, 0.5) is 5.69 Å². The van der Waals surface area contributed by atoms with Crippen LogP contribution in [0.3, 0.4) is 0 Å². The van der Waals surface area contributed by atoms with Crippen LogP contribution in [0.25, 0.3) is 11.6 Å². The van der Waals surface area contributed by atoms with E-state index in [1.54, 1.807) is 18.2 Å². The van der Waals surface area contributed by atoms with Gasteiger partial charge in [0.15, 0.2) is 5.75 Å². The summed E-state index contributed by atoms with van der Waals surface area (Å²) in [6.07, 6.45) is 1.71. The summed E-state index contributed by atoms with van der Waals surface area (Å²) in [5.41, 5.74) is 3.90. The maximum absolute atomic E-state index is 12.1. The fourth-order valence-electron chi connectivity index (χ4n) is 2.28. The molecule has 1 aliphatic rings. The van der Waals surface area contributed by atoms with Crippen molar-refractivity contribution in [2.75, 3.05) is 5.32 Å². The molecule has 1 heterocycles. The summed E-state index contributed by atoms with van der Waals surface area (Å²) in [5.74, 6) is -0.330. The van der Waals surface area contributed by atoms with Gasteiger partial charge in [-0.2, -0.15) is 0 Å². The minimum atomic E-state index is -0.170. The molecule has 0 saturated carbocycles.